The first-order valence-electron chi connectivity index (χ1n) is 7.39. The Morgan fingerprint density at radius 3 is 3.05 bits per heavy atom. The van der Waals surface area contributed by atoms with Gasteiger partial charge in [0.15, 0.2) is 0 Å². The highest BCUT2D eigenvalue weighted by Crippen LogP contribution is 2.13. The van der Waals surface area contributed by atoms with Gasteiger partial charge in [0.25, 0.3) is 5.91 Å². The van der Waals surface area contributed by atoms with E-state index in [2.05, 4.69) is 22.5 Å². The summed E-state index contributed by atoms with van der Waals surface area (Å²) in [5.74, 6) is 0.724. The number of rotatable bonds is 7. The van der Waals surface area contributed by atoms with E-state index in [0.717, 1.165) is 44.7 Å². The van der Waals surface area contributed by atoms with Gasteiger partial charge in [-0.1, -0.05) is 13.3 Å². The normalized spacial score (nSPS) is 17.9. The molecule has 0 saturated carbocycles. The van der Waals surface area contributed by atoms with Gasteiger partial charge >= 0.3 is 0 Å². The Kier molecular flexibility index (Phi) is 5.80. The first-order chi connectivity index (χ1) is 9.79. The number of hydrogen-bond acceptors (Lipinski definition) is 4. The predicted molar refractivity (Wildman–Crippen MR) is 78.9 cm³/mol. The van der Waals surface area contributed by atoms with E-state index in [-0.39, 0.29) is 12.0 Å². The number of nitrogens with zero attached hydrogens (tertiary/aromatic N) is 1. The molecule has 1 aliphatic rings. The average Bonchev–Trinajstić information content (AvgIpc) is 2.99. The van der Waals surface area contributed by atoms with Crippen LogP contribution in [0.25, 0.3) is 0 Å². The summed E-state index contributed by atoms with van der Waals surface area (Å²) in [5.41, 5.74) is 0.601. The number of pyridine rings is 1. The molecule has 2 heterocycles. The van der Waals surface area contributed by atoms with E-state index >= 15 is 0 Å². The third kappa shape index (κ3) is 4.49. The van der Waals surface area contributed by atoms with Crippen molar-refractivity contribution in [2.45, 2.75) is 38.7 Å². The summed E-state index contributed by atoms with van der Waals surface area (Å²) in [6.07, 6.45) is 6.21. The van der Waals surface area contributed by atoms with Crippen LogP contribution in [0.1, 0.15) is 43.0 Å². The fraction of sp³-hybridized carbons (Fsp3) is 0.600. The molecule has 0 spiro atoms. The number of amides is 1. The van der Waals surface area contributed by atoms with Crippen molar-refractivity contribution in [3.8, 4) is 0 Å². The van der Waals surface area contributed by atoms with Gasteiger partial charge in [-0.25, -0.2) is 4.98 Å². The highest BCUT2D eigenvalue weighted by Gasteiger charge is 2.15. The number of carbonyl (C=O) groups is 1. The fourth-order valence-corrected chi connectivity index (χ4v) is 2.14. The van der Waals surface area contributed by atoms with Crippen molar-refractivity contribution in [3.63, 3.8) is 0 Å². The minimum absolute atomic E-state index is 0.0587. The van der Waals surface area contributed by atoms with Gasteiger partial charge in [-0.3, -0.25) is 4.79 Å². The minimum atomic E-state index is -0.0587. The van der Waals surface area contributed by atoms with E-state index in [4.69, 9.17) is 4.74 Å². The summed E-state index contributed by atoms with van der Waals surface area (Å²) in [4.78, 5) is 16.1. The Morgan fingerprint density at radius 1 is 1.50 bits per heavy atom. The van der Waals surface area contributed by atoms with Gasteiger partial charge in [0.05, 0.1) is 11.7 Å². The maximum Gasteiger partial charge on any atom is 0.252 e. The molecule has 1 unspecified atom stereocenters. The summed E-state index contributed by atoms with van der Waals surface area (Å²) in [7, 11) is 0. The third-order valence-electron chi connectivity index (χ3n) is 3.38. The number of unbranched alkanes of at least 4 members (excludes halogenated alkanes) is 1. The first kappa shape index (κ1) is 14.8. The summed E-state index contributed by atoms with van der Waals surface area (Å²) in [6, 6.07) is 3.63. The van der Waals surface area contributed by atoms with Crippen LogP contribution < -0.4 is 10.6 Å². The predicted octanol–water partition coefficient (Wildman–Crippen LogP) is 2.20. The Balaban J connectivity index is 1.78. The molecule has 5 heteroatoms. The maximum atomic E-state index is 11.8. The summed E-state index contributed by atoms with van der Waals surface area (Å²) >= 11 is 0. The van der Waals surface area contributed by atoms with Crippen molar-refractivity contribution in [2.75, 3.05) is 25.0 Å². The van der Waals surface area contributed by atoms with E-state index in [9.17, 15) is 4.79 Å². The zero-order valence-corrected chi connectivity index (χ0v) is 12.0. The summed E-state index contributed by atoms with van der Waals surface area (Å²) in [6.45, 7) is 4.45. The molecule has 1 atom stereocenters. The molecule has 5 nitrogen and oxygen atoms in total. The molecule has 0 aliphatic carbocycles. The first-order valence-corrected chi connectivity index (χ1v) is 7.39. The van der Waals surface area contributed by atoms with E-state index in [1.165, 1.54) is 0 Å². The van der Waals surface area contributed by atoms with Crippen molar-refractivity contribution in [2.24, 2.45) is 0 Å². The van der Waals surface area contributed by atoms with Crippen LogP contribution in [0.3, 0.4) is 0 Å². The zero-order chi connectivity index (χ0) is 14.2. The summed E-state index contributed by atoms with van der Waals surface area (Å²) in [5, 5.41) is 6.11. The van der Waals surface area contributed by atoms with Gasteiger partial charge < -0.3 is 15.4 Å². The van der Waals surface area contributed by atoms with E-state index in [1.807, 2.05) is 6.07 Å². The van der Waals surface area contributed by atoms with Crippen LogP contribution in [0.2, 0.25) is 0 Å². The number of aromatic nitrogens is 1. The topological polar surface area (TPSA) is 63.2 Å². The lowest BCUT2D eigenvalue weighted by Crippen LogP contribution is -2.24. The Bertz CT molecular complexity index is 414. The number of hydrogen-bond donors (Lipinski definition) is 2. The van der Waals surface area contributed by atoms with Crippen molar-refractivity contribution in [3.05, 3.63) is 23.9 Å². The number of anilines is 1. The number of carbonyl (C=O) groups excluding carboxylic acids is 1. The SMILES string of the molecule is CCCCNC(=O)c1ccc(NCC2CCCO2)nc1. The Hall–Kier alpha value is -1.62. The molecular weight excluding hydrogens is 254 g/mol. The molecule has 110 valence electrons. The van der Waals surface area contributed by atoms with Crippen LogP contribution in [-0.4, -0.2) is 36.7 Å². The minimum Gasteiger partial charge on any atom is -0.376 e. The van der Waals surface area contributed by atoms with Crippen molar-refractivity contribution >= 4 is 11.7 Å². The fourth-order valence-electron chi connectivity index (χ4n) is 2.14. The van der Waals surface area contributed by atoms with E-state index in [0.29, 0.717) is 12.1 Å². The molecule has 2 N–H and O–H groups in total. The van der Waals surface area contributed by atoms with E-state index in [1.54, 1.807) is 12.3 Å². The van der Waals surface area contributed by atoms with Crippen molar-refractivity contribution in [1.29, 1.82) is 0 Å². The van der Waals surface area contributed by atoms with Gasteiger partial charge in [0.1, 0.15) is 5.82 Å². The van der Waals surface area contributed by atoms with E-state index < -0.39 is 0 Å². The molecule has 1 amide bonds. The lowest BCUT2D eigenvalue weighted by molar-refractivity contribution is 0.0952. The van der Waals surface area contributed by atoms with Gasteiger partial charge in [-0.15, -0.1) is 0 Å². The molecule has 2 rings (SSSR count). The lowest BCUT2D eigenvalue weighted by atomic mass is 10.2. The maximum absolute atomic E-state index is 11.8. The second-order valence-electron chi connectivity index (χ2n) is 5.06. The molecule has 1 aromatic rings. The molecule has 1 aliphatic heterocycles. The van der Waals surface area contributed by atoms with Crippen LogP contribution in [0.4, 0.5) is 5.82 Å². The number of nitrogens with one attached hydrogen (secondary N) is 2. The smallest absolute Gasteiger partial charge is 0.252 e. The molecule has 1 saturated heterocycles. The molecule has 0 aromatic carbocycles. The largest absolute Gasteiger partial charge is 0.376 e. The molecule has 20 heavy (non-hydrogen) atoms. The Morgan fingerprint density at radius 2 is 2.40 bits per heavy atom. The highest BCUT2D eigenvalue weighted by atomic mass is 16.5. The monoisotopic (exact) mass is 277 g/mol. The van der Waals surface area contributed by atoms with Crippen LogP contribution in [0.5, 0.6) is 0 Å². The van der Waals surface area contributed by atoms with Gasteiger partial charge in [-0.2, -0.15) is 0 Å². The highest BCUT2D eigenvalue weighted by molar-refractivity contribution is 5.93. The van der Waals surface area contributed by atoms with Crippen LogP contribution >= 0.6 is 0 Å². The Labute approximate surface area is 120 Å². The van der Waals surface area contributed by atoms with Gasteiger partial charge in [-0.05, 0) is 31.4 Å². The molecular formula is C15H23N3O2. The molecule has 1 fully saturated rings. The lowest BCUT2D eigenvalue weighted by Gasteiger charge is -2.11. The van der Waals surface area contributed by atoms with Gasteiger partial charge in [0.2, 0.25) is 0 Å². The van der Waals surface area contributed by atoms with Gasteiger partial charge in [0, 0.05) is 25.9 Å². The summed E-state index contributed by atoms with van der Waals surface area (Å²) < 4.78 is 5.54. The van der Waals surface area contributed by atoms with Crippen molar-refractivity contribution in [1.82, 2.24) is 10.3 Å². The second kappa shape index (κ2) is 7.85. The molecule has 0 radical (unpaired) electrons. The van der Waals surface area contributed by atoms with Crippen LogP contribution in [-0.2, 0) is 4.74 Å². The van der Waals surface area contributed by atoms with Crippen molar-refractivity contribution < 1.29 is 9.53 Å². The zero-order valence-electron chi connectivity index (χ0n) is 12.0. The number of ether oxygens (including phenoxy) is 1. The molecule has 0 bridgehead atoms. The quantitative estimate of drug-likeness (QED) is 0.750. The third-order valence-corrected chi connectivity index (χ3v) is 3.38. The average molecular weight is 277 g/mol. The van der Waals surface area contributed by atoms with Crippen LogP contribution in [0, 0.1) is 0 Å². The van der Waals surface area contributed by atoms with Crippen LogP contribution in [0.15, 0.2) is 18.3 Å². The standard InChI is InChI=1S/C15H23N3O2/c1-2-3-8-16-15(19)12-6-7-14(17-10-12)18-11-13-5-4-9-20-13/h6-7,10,13H,2-5,8-9,11H2,1H3,(H,16,19)(H,17,18). The second-order valence-corrected chi connectivity index (χ2v) is 5.06. The molecule has 1 aromatic heterocycles.